The van der Waals surface area contributed by atoms with Crippen LogP contribution in [0.1, 0.15) is 30.0 Å². The molecule has 2 rings (SSSR count). The maximum atomic E-state index is 5.65. The van der Waals surface area contributed by atoms with E-state index in [-0.39, 0.29) is 0 Å². The molecule has 0 aliphatic carbocycles. The summed E-state index contributed by atoms with van der Waals surface area (Å²) >= 11 is 0. The largest absolute Gasteiger partial charge is 0.399 e. The first kappa shape index (κ1) is 12.4. The summed E-state index contributed by atoms with van der Waals surface area (Å²) in [5, 5.41) is 0. The van der Waals surface area contributed by atoms with Crippen LogP contribution in [0.3, 0.4) is 0 Å². The van der Waals surface area contributed by atoms with Gasteiger partial charge in [0.15, 0.2) is 0 Å². The molecule has 0 spiro atoms. The van der Waals surface area contributed by atoms with Gasteiger partial charge >= 0.3 is 0 Å². The number of aryl methyl sites for hydroxylation is 1. The van der Waals surface area contributed by atoms with Gasteiger partial charge in [0.2, 0.25) is 0 Å². The van der Waals surface area contributed by atoms with Crippen molar-refractivity contribution in [3.05, 3.63) is 65.2 Å². The Morgan fingerprint density at radius 1 is 0.833 bits per heavy atom. The molecule has 0 aromatic heterocycles. The smallest absolute Gasteiger partial charge is 0.0314 e. The first-order chi connectivity index (χ1) is 8.78. The van der Waals surface area contributed by atoms with Gasteiger partial charge in [-0.1, -0.05) is 61.9 Å². The van der Waals surface area contributed by atoms with E-state index in [1.807, 2.05) is 24.3 Å². The van der Waals surface area contributed by atoms with Crippen molar-refractivity contribution in [3.8, 4) is 0 Å². The lowest BCUT2D eigenvalue weighted by Gasteiger charge is -1.99. The van der Waals surface area contributed by atoms with E-state index in [0.29, 0.717) is 0 Å². The second-order valence-electron chi connectivity index (χ2n) is 4.49. The molecular weight excluding hydrogens is 218 g/mol. The maximum Gasteiger partial charge on any atom is 0.0314 e. The predicted octanol–water partition coefficient (Wildman–Crippen LogP) is 4.39. The van der Waals surface area contributed by atoms with Crippen LogP contribution >= 0.6 is 0 Å². The molecule has 0 bridgehead atoms. The third-order valence-corrected chi connectivity index (χ3v) is 2.92. The van der Waals surface area contributed by atoms with Crippen molar-refractivity contribution >= 4 is 17.8 Å². The standard InChI is InChI=1S/C17H19N/c1-2-3-14-4-6-15(7-5-14)8-9-16-10-12-17(18)13-11-16/h4-13H,2-3,18H2,1H3/b9-8+. The summed E-state index contributed by atoms with van der Waals surface area (Å²) in [6, 6.07) is 16.6. The van der Waals surface area contributed by atoms with Gasteiger partial charge < -0.3 is 5.73 Å². The molecule has 2 N–H and O–H groups in total. The van der Waals surface area contributed by atoms with Crippen LogP contribution < -0.4 is 5.73 Å². The summed E-state index contributed by atoms with van der Waals surface area (Å²) in [7, 11) is 0. The minimum atomic E-state index is 0.802. The third kappa shape index (κ3) is 3.49. The minimum Gasteiger partial charge on any atom is -0.399 e. The Kier molecular flexibility index (Phi) is 4.19. The molecule has 2 aromatic rings. The molecule has 0 radical (unpaired) electrons. The van der Waals surface area contributed by atoms with Crippen LogP contribution in [0.4, 0.5) is 5.69 Å². The van der Waals surface area contributed by atoms with E-state index in [1.54, 1.807) is 0 Å². The van der Waals surface area contributed by atoms with Crippen LogP contribution in [0.5, 0.6) is 0 Å². The zero-order chi connectivity index (χ0) is 12.8. The Hall–Kier alpha value is -2.02. The molecule has 18 heavy (non-hydrogen) atoms. The van der Waals surface area contributed by atoms with Crippen LogP contribution in [0.25, 0.3) is 12.2 Å². The van der Waals surface area contributed by atoms with Gasteiger partial charge in [-0.3, -0.25) is 0 Å². The molecule has 1 heteroatoms. The van der Waals surface area contributed by atoms with E-state index >= 15 is 0 Å². The van der Waals surface area contributed by atoms with Crippen molar-refractivity contribution in [1.82, 2.24) is 0 Å². The second-order valence-corrected chi connectivity index (χ2v) is 4.49. The molecular formula is C17H19N. The van der Waals surface area contributed by atoms with Crippen molar-refractivity contribution in [3.63, 3.8) is 0 Å². The van der Waals surface area contributed by atoms with Gasteiger partial charge in [-0.25, -0.2) is 0 Å². The van der Waals surface area contributed by atoms with E-state index < -0.39 is 0 Å². The molecule has 0 heterocycles. The van der Waals surface area contributed by atoms with Crippen molar-refractivity contribution < 1.29 is 0 Å². The lowest BCUT2D eigenvalue weighted by atomic mass is 10.1. The Morgan fingerprint density at radius 3 is 1.83 bits per heavy atom. The Balaban J connectivity index is 2.06. The number of anilines is 1. The van der Waals surface area contributed by atoms with E-state index in [1.165, 1.54) is 23.1 Å². The molecule has 0 unspecified atom stereocenters. The quantitative estimate of drug-likeness (QED) is 0.619. The molecule has 1 nitrogen and oxygen atoms in total. The van der Waals surface area contributed by atoms with Crippen molar-refractivity contribution in [1.29, 1.82) is 0 Å². The summed E-state index contributed by atoms with van der Waals surface area (Å²) in [5.74, 6) is 0. The monoisotopic (exact) mass is 237 g/mol. The second kappa shape index (κ2) is 6.06. The highest BCUT2D eigenvalue weighted by Crippen LogP contribution is 2.12. The van der Waals surface area contributed by atoms with Crippen LogP contribution in [-0.4, -0.2) is 0 Å². The summed E-state index contributed by atoms with van der Waals surface area (Å²) in [6.45, 7) is 2.20. The molecule has 0 aliphatic heterocycles. The number of rotatable bonds is 4. The Labute approximate surface area is 109 Å². The lowest BCUT2D eigenvalue weighted by Crippen LogP contribution is -1.83. The highest BCUT2D eigenvalue weighted by Gasteiger charge is 1.91. The molecule has 0 aliphatic rings. The fourth-order valence-corrected chi connectivity index (χ4v) is 1.88. The molecule has 92 valence electrons. The number of hydrogen-bond donors (Lipinski definition) is 1. The molecule has 0 saturated heterocycles. The molecule has 0 fully saturated rings. The van der Waals surface area contributed by atoms with Crippen molar-refractivity contribution in [2.75, 3.05) is 5.73 Å². The molecule has 2 aromatic carbocycles. The average molecular weight is 237 g/mol. The van der Waals surface area contributed by atoms with E-state index in [0.717, 1.165) is 12.1 Å². The molecule has 0 atom stereocenters. The van der Waals surface area contributed by atoms with Gasteiger partial charge in [0.1, 0.15) is 0 Å². The summed E-state index contributed by atoms with van der Waals surface area (Å²) in [6.07, 6.45) is 6.58. The minimum absolute atomic E-state index is 0.802. The highest BCUT2D eigenvalue weighted by molar-refractivity contribution is 5.70. The van der Waals surface area contributed by atoms with E-state index in [9.17, 15) is 0 Å². The number of nitrogens with two attached hydrogens (primary N) is 1. The van der Waals surface area contributed by atoms with E-state index in [4.69, 9.17) is 5.73 Å². The maximum absolute atomic E-state index is 5.65. The number of benzene rings is 2. The topological polar surface area (TPSA) is 26.0 Å². The van der Waals surface area contributed by atoms with Gasteiger partial charge in [-0.2, -0.15) is 0 Å². The first-order valence-electron chi connectivity index (χ1n) is 6.40. The Bertz CT molecular complexity index is 506. The van der Waals surface area contributed by atoms with Crippen LogP contribution in [0, 0.1) is 0 Å². The Morgan fingerprint density at radius 2 is 1.33 bits per heavy atom. The van der Waals surface area contributed by atoms with Gasteiger partial charge in [0, 0.05) is 5.69 Å². The summed E-state index contributed by atoms with van der Waals surface area (Å²) < 4.78 is 0. The third-order valence-electron chi connectivity index (χ3n) is 2.92. The normalized spacial score (nSPS) is 10.9. The fraction of sp³-hybridized carbons (Fsp3) is 0.176. The highest BCUT2D eigenvalue weighted by atomic mass is 14.5. The first-order valence-corrected chi connectivity index (χ1v) is 6.40. The lowest BCUT2D eigenvalue weighted by molar-refractivity contribution is 0.922. The van der Waals surface area contributed by atoms with E-state index in [2.05, 4.69) is 43.3 Å². The predicted molar refractivity (Wildman–Crippen MR) is 80.2 cm³/mol. The summed E-state index contributed by atoms with van der Waals surface area (Å²) in [5.41, 5.74) is 10.3. The molecule has 0 amide bonds. The zero-order valence-corrected chi connectivity index (χ0v) is 10.8. The van der Waals surface area contributed by atoms with Crippen LogP contribution in [0.15, 0.2) is 48.5 Å². The zero-order valence-electron chi connectivity index (χ0n) is 10.8. The summed E-state index contributed by atoms with van der Waals surface area (Å²) in [4.78, 5) is 0. The van der Waals surface area contributed by atoms with Gasteiger partial charge in [-0.05, 0) is 35.2 Å². The number of nitrogen functional groups attached to an aromatic ring is 1. The fourth-order valence-electron chi connectivity index (χ4n) is 1.88. The van der Waals surface area contributed by atoms with Gasteiger partial charge in [-0.15, -0.1) is 0 Å². The van der Waals surface area contributed by atoms with Crippen molar-refractivity contribution in [2.24, 2.45) is 0 Å². The molecule has 0 saturated carbocycles. The number of hydrogen-bond acceptors (Lipinski definition) is 1. The van der Waals surface area contributed by atoms with Gasteiger partial charge in [0.05, 0.1) is 0 Å². The van der Waals surface area contributed by atoms with Crippen molar-refractivity contribution in [2.45, 2.75) is 19.8 Å². The van der Waals surface area contributed by atoms with Crippen LogP contribution in [0.2, 0.25) is 0 Å². The average Bonchev–Trinajstić information content (AvgIpc) is 2.40. The van der Waals surface area contributed by atoms with Gasteiger partial charge in [0.25, 0.3) is 0 Å². The SMILES string of the molecule is CCCc1ccc(/C=C/c2ccc(N)cc2)cc1. The van der Waals surface area contributed by atoms with Crippen LogP contribution in [-0.2, 0) is 6.42 Å².